The molecule has 0 unspecified atom stereocenters. The van der Waals surface area contributed by atoms with Crippen LogP contribution >= 0.6 is 0 Å². The van der Waals surface area contributed by atoms with Crippen LogP contribution in [0.25, 0.3) is 22.0 Å². The zero-order valence-electron chi connectivity index (χ0n) is 10.3. The molecule has 0 aliphatic heterocycles. The molecule has 2 aromatic carbocycles. The molecule has 3 aromatic rings. The summed E-state index contributed by atoms with van der Waals surface area (Å²) >= 11 is 0. The van der Waals surface area contributed by atoms with E-state index >= 15 is 0 Å². The maximum absolute atomic E-state index is 9.04. The molecule has 0 atom stereocenters. The monoisotopic (exact) mass is 237 g/mol. The van der Waals surface area contributed by atoms with E-state index in [1.165, 1.54) is 27.7 Å². The summed E-state index contributed by atoms with van der Waals surface area (Å²) in [5.41, 5.74) is 5.66. The van der Waals surface area contributed by atoms with Gasteiger partial charge in [-0.25, -0.2) is 0 Å². The molecule has 2 heteroatoms. The Morgan fingerprint density at radius 2 is 1.67 bits per heavy atom. The molecule has 0 saturated carbocycles. The molecule has 18 heavy (non-hydrogen) atoms. The van der Waals surface area contributed by atoms with Crippen molar-refractivity contribution in [2.75, 3.05) is 0 Å². The van der Waals surface area contributed by atoms with E-state index in [0.29, 0.717) is 0 Å². The van der Waals surface area contributed by atoms with Gasteiger partial charge < -0.3 is 10.1 Å². The number of hydrogen-bond acceptors (Lipinski definition) is 1. The van der Waals surface area contributed by atoms with Crippen molar-refractivity contribution >= 4 is 10.9 Å². The van der Waals surface area contributed by atoms with E-state index in [-0.39, 0.29) is 6.61 Å². The Bertz CT molecular complexity index is 680. The van der Waals surface area contributed by atoms with Crippen molar-refractivity contribution in [2.24, 2.45) is 0 Å². The van der Waals surface area contributed by atoms with Gasteiger partial charge in [0, 0.05) is 16.6 Å². The van der Waals surface area contributed by atoms with Crippen molar-refractivity contribution in [3.63, 3.8) is 0 Å². The van der Waals surface area contributed by atoms with Crippen LogP contribution in [0.1, 0.15) is 11.3 Å². The Balaban J connectivity index is 2.06. The van der Waals surface area contributed by atoms with Crippen molar-refractivity contribution in [1.82, 2.24) is 4.98 Å². The third kappa shape index (κ3) is 1.91. The fraction of sp³-hybridized carbons (Fsp3) is 0.125. The van der Waals surface area contributed by atoms with Gasteiger partial charge in [-0.05, 0) is 41.8 Å². The number of aliphatic hydroxyl groups is 1. The van der Waals surface area contributed by atoms with Gasteiger partial charge in [-0.2, -0.15) is 0 Å². The third-order valence-electron chi connectivity index (χ3n) is 3.23. The Labute approximate surface area is 106 Å². The first-order valence-electron chi connectivity index (χ1n) is 6.06. The Hall–Kier alpha value is -2.06. The quantitative estimate of drug-likeness (QED) is 0.701. The van der Waals surface area contributed by atoms with E-state index < -0.39 is 0 Å². The second kappa shape index (κ2) is 4.31. The van der Waals surface area contributed by atoms with Crippen LogP contribution in [0.4, 0.5) is 0 Å². The van der Waals surface area contributed by atoms with Gasteiger partial charge >= 0.3 is 0 Å². The SMILES string of the molecule is Cc1cc2cc(-c3ccc(CO)cc3)ccc2[nH]1. The first-order chi connectivity index (χ1) is 8.76. The summed E-state index contributed by atoms with van der Waals surface area (Å²) in [6, 6.07) is 16.6. The van der Waals surface area contributed by atoms with E-state index in [2.05, 4.69) is 36.2 Å². The zero-order chi connectivity index (χ0) is 12.5. The molecule has 0 aliphatic carbocycles. The molecule has 0 amide bonds. The van der Waals surface area contributed by atoms with Crippen molar-refractivity contribution < 1.29 is 5.11 Å². The van der Waals surface area contributed by atoms with Crippen molar-refractivity contribution in [1.29, 1.82) is 0 Å². The predicted molar refractivity (Wildman–Crippen MR) is 74.4 cm³/mol. The van der Waals surface area contributed by atoms with E-state index in [0.717, 1.165) is 5.56 Å². The van der Waals surface area contributed by atoms with Gasteiger partial charge in [0.25, 0.3) is 0 Å². The minimum absolute atomic E-state index is 0.0936. The van der Waals surface area contributed by atoms with Crippen molar-refractivity contribution in [2.45, 2.75) is 13.5 Å². The molecule has 0 fully saturated rings. The summed E-state index contributed by atoms with van der Waals surface area (Å²) in [6.45, 7) is 2.16. The largest absolute Gasteiger partial charge is 0.392 e. The molecule has 0 radical (unpaired) electrons. The summed E-state index contributed by atoms with van der Waals surface area (Å²) in [6.07, 6.45) is 0. The maximum Gasteiger partial charge on any atom is 0.0681 e. The smallest absolute Gasteiger partial charge is 0.0681 e. The second-order valence-electron chi connectivity index (χ2n) is 4.61. The molecule has 0 aliphatic rings. The molecule has 1 aromatic heterocycles. The molecular weight excluding hydrogens is 222 g/mol. The number of hydrogen-bond donors (Lipinski definition) is 2. The number of aromatic nitrogens is 1. The van der Waals surface area contributed by atoms with Crippen molar-refractivity contribution in [3.05, 3.63) is 59.8 Å². The number of aliphatic hydroxyl groups excluding tert-OH is 1. The minimum Gasteiger partial charge on any atom is -0.392 e. The van der Waals surface area contributed by atoms with E-state index in [9.17, 15) is 0 Å². The number of fused-ring (bicyclic) bond motifs is 1. The molecule has 0 saturated heterocycles. The lowest BCUT2D eigenvalue weighted by molar-refractivity contribution is 0.282. The van der Waals surface area contributed by atoms with Gasteiger partial charge in [0.2, 0.25) is 0 Å². The fourth-order valence-corrected chi connectivity index (χ4v) is 2.26. The first kappa shape index (κ1) is 11.1. The highest BCUT2D eigenvalue weighted by molar-refractivity contribution is 5.85. The van der Waals surface area contributed by atoms with E-state index in [4.69, 9.17) is 5.11 Å². The van der Waals surface area contributed by atoms with Gasteiger partial charge in [0.1, 0.15) is 0 Å². The highest BCUT2D eigenvalue weighted by Gasteiger charge is 2.02. The Morgan fingerprint density at radius 3 is 2.39 bits per heavy atom. The number of H-pyrrole nitrogens is 1. The molecule has 2 nitrogen and oxygen atoms in total. The van der Waals surface area contributed by atoms with Crippen LogP contribution in [0.5, 0.6) is 0 Å². The maximum atomic E-state index is 9.04. The third-order valence-corrected chi connectivity index (χ3v) is 3.23. The van der Waals surface area contributed by atoms with Gasteiger partial charge in [0.15, 0.2) is 0 Å². The molecule has 1 heterocycles. The highest BCUT2D eigenvalue weighted by Crippen LogP contribution is 2.25. The molecule has 0 bridgehead atoms. The number of aromatic amines is 1. The lowest BCUT2D eigenvalue weighted by atomic mass is 10.0. The molecular formula is C16H15NO. The minimum atomic E-state index is 0.0936. The summed E-state index contributed by atoms with van der Waals surface area (Å²) in [5, 5.41) is 10.3. The van der Waals surface area contributed by atoms with Crippen LogP contribution < -0.4 is 0 Å². The lowest BCUT2D eigenvalue weighted by Crippen LogP contribution is -1.83. The molecule has 0 spiro atoms. The summed E-state index contributed by atoms with van der Waals surface area (Å²) in [7, 11) is 0. The van der Waals surface area contributed by atoms with Gasteiger partial charge in [-0.3, -0.25) is 0 Å². The molecule has 90 valence electrons. The molecule has 2 N–H and O–H groups in total. The fourth-order valence-electron chi connectivity index (χ4n) is 2.26. The van der Waals surface area contributed by atoms with Crippen LogP contribution in [-0.2, 0) is 6.61 Å². The average Bonchev–Trinajstić information content (AvgIpc) is 2.78. The zero-order valence-corrected chi connectivity index (χ0v) is 10.3. The summed E-state index contributed by atoms with van der Waals surface area (Å²) in [4.78, 5) is 3.32. The van der Waals surface area contributed by atoms with E-state index in [1.807, 2.05) is 24.3 Å². The normalized spacial score (nSPS) is 11.0. The number of nitrogens with one attached hydrogen (secondary N) is 1. The lowest BCUT2D eigenvalue weighted by Gasteiger charge is -2.03. The van der Waals surface area contributed by atoms with Crippen LogP contribution in [0, 0.1) is 6.92 Å². The predicted octanol–water partition coefficient (Wildman–Crippen LogP) is 3.64. The highest BCUT2D eigenvalue weighted by atomic mass is 16.3. The van der Waals surface area contributed by atoms with Gasteiger partial charge in [-0.1, -0.05) is 30.3 Å². The van der Waals surface area contributed by atoms with Crippen molar-refractivity contribution in [3.8, 4) is 11.1 Å². The average molecular weight is 237 g/mol. The Kier molecular flexibility index (Phi) is 2.65. The van der Waals surface area contributed by atoms with E-state index in [1.54, 1.807) is 0 Å². The van der Waals surface area contributed by atoms with Crippen LogP contribution in [0.3, 0.4) is 0 Å². The topological polar surface area (TPSA) is 36.0 Å². The van der Waals surface area contributed by atoms with Gasteiger partial charge in [-0.15, -0.1) is 0 Å². The number of benzene rings is 2. The van der Waals surface area contributed by atoms with Crippen LogP contribution in [0.15, 0.2) is 48.5 Å². The first-order valence-corrected chi connectivity index (χ1v) is 6.06. The van der Waals surface area contributed by atoms with Gasteiger partial charge in [0.05, 0.1) is 6.61 Å². The van der Waals surface area contributed by atoms with Crippen LogP contribution in [-0.4, -0.2) is 10.1 Å². The summed E-state index contributed by atoms with van der Waals surface area (Å²) in [5.74, 6) is 0. The number of aryl methyl sites for hydroxylation is 1. The number of rotatable bonds is 2. The Morgan fingerprint density at radius 1 is 0.944 bits per heavy atom. The second-order valence-corrected chi connectivity index (χ2v) is 4.61. The standard InChI is InChI=1S/C16H15NO/c1-11-8-15-9-14(6-7-16(15)17-11)13-4-2-12(10-18)3-5-13/h2-9,17-18H,10H2,1H3. The summed E-state index contributed by atoms with van der Waals surface area (Å²) < 4.78 is 0. The molecule has 3 rings (SSSR count). The van der Waals surface area contributed by atoms with Crippen LogP contribution in [0.2, 0.25) is 0 Å².